The lowest BCUT2D eigenvalue weighted by atomic mass is 10.2. The van der Waals surface area contributed by atoms with Gasteiger partial charge in [-0.25, -0.2) is 9.78 Å². The molecule has 0 bridgehead atoms. The zero-order valence-corrected chi connectivity index (χ0v) is 12.5. The zero-order valence-electron chi connectivity index (χ0n) is 12.5. The molecule has 0 aromatic carbocycles. The van der Waals surface area contributed by atoms with E-state index in [4.69, 9.17) is 0 Å². The summed E-state index contributed by atoms with van der Waals surface area (Å²) in [5.41, 5.74) is 0.761. The maximum atomic E-state index is 12.5. The summed E-state index contributed by atoms with van der Waals surface area (Å²) in [7, 11) is 3.17. The highest BCUT2D eigenvalue weighted by atomic mass is 16.2. The topological polar surface area (TPSA) is 60.1 Å². The highest BCUT2D eigenvalue weighted by Gasteiger charge is 2.18. The summed E-state index contributed by atoms with van der Waals surface area (Å²) in [6, 6.07) is 1.89. The van der Waals surface area contributed by atoms with Gasteiger partial charge in [-0.05, 0) is 18.9 Å². The molecule has 0 aliphatic carbocycles. The van der Waals surface area contributed by atoms with Crippen LogP contribution in [0.1, 0.15) is 25.7 Å². The fraction of sp³-hybridized carbons (Fsp3) is 0.533. The molecule has 1 fully saturated rings. The number of rotatable bonds is 1. The molecule has 0 atom stereocenters. The van der Waals surface area contributed by atoms with E-state index in [2.05, 4.69) is 9.88 Å². The fourth-order valence-corrected chi connectivity index (χ4v) is 3.05. The van der Waals surface area contributed by atoms with Gasteiger partial charge in [-0.3, -0.25) is 13.9 Å². The average Bonchev–Trinajstić information content (AvgIpc) is 2.79. The van der Waals surface area contributed by atoms with Crippen molar-refractivity contribution in [2.24, 2.45) is 14.1 Å². The Balaban J connectivity index is 2.29. The average molecular weight is 288 g/mol. The highest BCUT2D eigenvalue weighted by Crippen LogP contribution is 2.24. The van der Waals surface area contributed by atoms with E-state index in [9.17, 15) is 9.59 Å². The number of anilines is 1. The highest BCUT2D eigenvalue weighted by molar-refractivity contribution is 5.88. The van der Waals surface area contributed by atoms with Crippen LogP contribution in [0, 0.1) is 0 Å². The normalized spacial score (nSPS) is 16.2. The Morgan fingerprint density at radius 2 is 1.67 bits per heavy atom. The van der Waals surface area contributed by atoms with Crippen LogP contribution in [-0.2, 0) is 14.1 Å². The summed E-state index contributed by atoms with van der Waals surface area (Å²) >= 11 is 0. The van der Waals surface area contributed by atoms with Crippen molar-refractivity contribution >= 4 is 16.7 Å². The molecule has 0 N–H and O–H groups in total. The van der Waals surface area contributed by atoms with Crippen molar-refractivity contribution in [3.05, 3.63) is 33.1 Å². The molecule has 21 heavy (non-hydrogen) atoms. The lowest BCUT2D eigenvalue weighted by molar-refractivity contribution is 0.706. The monoisotopic (exact) mass is 288 g/mol. The second-order valence-corrected chi connectivity index (χ2v) is 5.64. The lowest BCUT2D eigenvalue weighted by Gasteiger charge is -2.24. The molecule has 112 valence electrons. The Morgan fingerprint density at radius 1 is 1.00 bits per heavy atom. The molecule has 0 spiro atoms. The van der Waals surface area contributed by atoms with Crippen LogP contribution >= 0.6 is 0 Å². The van der Waals surface area contributed by atoms with Gasteiger partial charge in [-0.2, -0.15) is 0 Å². The van der Waals surface area contributed by atoms with Crippen LogP contribution in [0.15, 0.2) is 21.9 Å². The van der Waals surface area contributed by atoms with Gasteiger partial charge in [-0.1, -0.05) is 12.8 Å². The number of hydrogen-bond donors (Lipinski definition) is 0. The van der Waals surface area contributed by atoms with Crippen LogP contribution in [0.5, 0.6) is 0 Å². The SMILES string of the molecule is Cn1c(=O)c2c(N3CCCCCC3)ccnc2n(C)c1=O. The smallest absolute Gasteiger partial charge is 0.332 e. The fourth-order valence-electron chi connectivity index (χ4n) is 3.05. The van der Waals surface area contributed by atoms with Crippen LogP contribution < -0.4 is 16.1 Å². The number of nitrogens with zero attached hydrogens (tertiary/aromatic N) is 4. The number of aromatic nitrogens is 3. The zero-order chi connectivity index (χ0) is 15.0. The summed E-state index contributed by atoms with van der Waals surface area (Å²) in [5, 5.41) is 0.545. The molecule has 1 aliphatic rings. The third-order valence-electron chi connectivity index (χ3n) is 4.27. The van der Waals surface area contributed by atoms with Gasteiger partial charge >= 0.3 is 5.69 Å². The third-order valence-corrected chi connectivity index (χ3v) is 4.27. The molecular weight excluding hydrogens is 268 g/mol. The van der Waals surface area contributed by atoms with Crippen LogP contribution in [0.2, 0.25) is 0 Å². The summed E-state index contributed by atoms with van der Waals surface area (Å²) in [6.07, 6.45) is 6.42. The van der Waals surface area contributed by atoms with Gasteiger partial charge in [0.1, 0.15) is 5.39 Å². The first-order valence-corrected chi connectivity index (χ1v) is 7.41. The van der Waals surface area contributed by atoms with Crippen molar-refractivity contribution in [1.29, 1.82) is 0 Å². The van der Waals surface area contributed by atoms with Crippen LogP contribution in [0.4, 0.5) is 5.69 Å². The predicted molar refractivity (Wildman–Crippen MR) is 82.9 cm³/mol. The van der Waals surface area contributed by atoms with Gasteiger partial charge in [0.25, 0.3) is 5.56 Å². The summed E-state index contributed by atoms with van der Waals surface area (Å²) in [4.78, 5) is 31.1. The molecule has 0 amide bonds. The number of hydrogen-bond acceptors (Lipinski definition) is 4. The predicted octanol–water partition coefficient (Wildman–Crippen LogP) is 1.01. The number of aryl methyl sites for hydroxylation is 1. The van der Waals surface area contributed by atoms with Crippen molar-refractivity contribution < 1.29 is 0 Å². The van der Waals surface area contributed by atoms with Gasteiger partial charge in [0.2, 0.25) is 0 Å². The van der Waals surface area contributed by atoms with Crippen molar-refractivity contribution in [1.82, 2.24) is 14.1 Å². The Morgan fingerprint density at radius 3 is 2.33 bits per heavy atom. The first-order chi connectivity index (χ1) is 10.1. The van der Waals surface area contributed by atoms with Crippen molar-refractivity contribution in [3.8, 4) is 0 Å². The second kappa shape index (κ2) is 5.35. The van der Waals surface area contributed by atoms with Gasteiger partial charge in [0, 0.05) is 33.4 Å². The molecule has 6 nitrogen and oxygen atoms in total. The van der Waals surface area contributed by atoms with E-state index < -0.39 is 0 Å². The van der Waals surface area contributed by atoms with Crippen molar-refractivity contribution in [2.45, 2.75) is 25.7 Å². The number of pyridine rings is 1. The number of fused-ring (bicyclic) bond motifs is 1. The van der Waals surface area contributed by atoms with E-state index in [1.165, 1.54) is 24.5 Å². The molecule has 1 saturated heterocycles. The van der Waals surface area contributed by atoms with E-state index in [0.717, 1.165) is 36.2 Å². The Bertz CT molecular complexity index is 783. The van der Waals surface area contributed by atoms with Crippen molar-refractivity contribution in [2.75, 3.05) is 18.0 Å². The standard InChI is InChI=1S/C15H20N4O2/c1-17-13-12(14(20)18(2)15(17)21)11(7-8-16-13)19-9-5-3-4-6-10-19/h7-8H,3-6,9-10H2,1-2H3. The minimum Gasteiger partial charge on any atom is -0.371 e. The summed E-state index contributed by atoms with van der Waals surface area (Å²) in [6.45, 7) is 1.90. The maximum Gasteiger partial charge on any atom is 0.332 e. The van der Waals surface area contributed by atoms with E-state index in [0.29, 0.717) is 11.0 Å². The first kappa shape index (κ1) is 13.9. The molecule has 6 heteroatoms. The molecule has 1 aliphatic heterocycles. The maximum absolute atomic E-state index is 12.5. The van der Waals surface area contributed by atoms with E-state index in [1.54, 1.807) is 13.2 Å². The Kier molecular flexibility index (Phi) is 3.53. The largest absolute Gasteiger partial charge is 0.371 e. The molecule has 2 aromatic rings. The third kappa shape index (κ3) is 2.24. The lowest BCUT2D eigenvalue weighted by Crippen LogP contribution is -2.38. The molecule has 0 saturated carbocycles. The minimum atomic E-state index is -0.340. The molecule has 2 aromatic heterocycles. The van der Waals surface area contributed by atoms with Gasteiger partial charge < -0.3 is 4.90 Å². The summed E-state index contributed by atoms with van der Waals surface area (Å²) in [5.74, 6) is 0. The molecule has 0 radical (unpaired) electrons. The van der Waals surface area contributed by atoms with E-state index in [-0.39, 0.29) is 11.2 Å². The molecule has 3 heterocycles. The molecule has 3 rings (SSSR count). The minimum absolute atomic E-state index is 0.263. The quantitative estimate of drug-likeness (QED) is 0.786. The molecule has 0 unspecified atom stereocenters. The van der Waals surface area contributed by atoms with Gasteiger partial charge in [-0.15, -0.1) is 0 Å². The molecular formula is C15H20N4O2. The van der Waals surface area contributed by atoms with Crippen LogP contribution in [-0.4, -0.2) is 27.2 Å². The summed E-state index contributed by atoms with van der Waals surface area (Å²) < 4.78 is 2.60. The van der Waals surface area contributed by atoms with E-state index >= 15 is 0 Å². The Labute approximate surface area is 122 Å². The van der Waals surface area contributed by atoms with Gasteiger partial charge in [0.15, 0.2) is 5.65 Å². The van der Waals surface area contributed by atoms with E-state index in [1.807, 2.05) is 6.07 Å². The first-order valence-electron chi connectivity index (χ1n) is 7.41. The van der Waals surface area contributed by atoms with Gasteiger partial charge in [0.05, 0.1) is 5.69 Å². The van der Waals surface area contributed by atoms with Crippen LogP contribution in [0.25, 0.3) is 11.0 Å². The van der Waals surface area contributed by atoms with Crippen LogP contribution in [0.3, 0.4) is 0 Å². The van der Waals surface area contributed by atoms with Crippen molar-refractivity contribution in [3.63, 3.8) is 0 Å². The Hall–Kier alpha value is -2.11. The second-order valence-electron chi connectivity index (χ2n) is 5.64.